The highest BCUT2D eigenvalue weighted by Gasteiger charge is 2.23. The summed E-state index contributed by atoms with van der Waals surface area (Å²) in [4.78, 5) is 50.6. The third-order valence-electron chi connectivity index (χ3n) is 7.64. The van der Waals surface area contributed by atoms with Crippen LogP contribution in [0, 0.1) is 13.8 Å². The second kappa shape index (κ2) is 12.9. The zero-order valence-electron chi connectivity index (χ0n) is 24.7. The van der Waals surface area contributed by atoms with Gasteiger partial charge < -0.3 is 0 Å². The molecule has 2 aromatic heterocycles. The van der Waals surface area contributed by atoms with E-state index < -0.39 is 23.1 Å². The Morgan fingerprint density at radius 3 is 1.33 bits per heavy atom. The first-order chi connectivity index (χ1) is 20.6. The quantitative estimate of drug-likeness (QED) is 0.134. The number of benzene rings is 2. The third-order valence-corrected chi connectivity index (χ3v) is 9.84. The highest BCUT2D eigenvalue weighted by Crippen LogP contribution is 2.47. The molecule has 4 aromatic rings. The van der Waals surface area contributed by atoms with E-state index in [9.17, 15) is 19.2 Å². The van der Waals surface area contributed by atoms with Gasteiger partial charge in [-0.25, -0.2) is 0 Å². The Hall–Kier alpha value is -4.26. The SMILES string of the molecule is CC(=O)C(=O)/C=C/c1ccc(-c2cc(C3=C(c4cc(-c5ccc(/C=C/C(=O)C(C)=O)cc5)sc4C)CCC3)c(C)s2)cc1. The second-order valence-electron chi connectivity index (χ2n) is 10.7. The molecule has 0 bridgehead atoms. The van der Waals surface area contributed by atoms with E-state index in [-0.39, 0.29) is 0 Å². The Kier molecular flexibility index (Phi) is 9.09. The number of carbonyl (C=O) groups is 4. The van der Waals surface area contributed by atoms with E-state index in [1.165, 1.54) is 67.8 Å². The van der Waals surface area contributed by atoms with Crippen molar-refractivity contribution in [1.82, 2.24) is 0 Å². The molecule has 1 aliphatic carbocycles. The maximum atomic E-state index is 11.6. The average molecular weight is 605 g/mol. The van der Waals surface area contributed by atoms with E-state index in [1.807, 2.05) is 24.3 Å². The summed E-state index contributed by atoms with van der Waals surface area (Å²) in [7, 11) is 0. The zero-order chi connectivity index (χ0) is 30.7. The van der Waals surface area contributed by atoms with Crippen LogP contribution < -0.4 is 0 Å². The first-order valence-corrected chi connectivity index (χ1v) is 15.8. The molecule has 0 radical (unpaired) electrons. The van der Waals surface area contributed by atoms with Crippen LogP contribution in [0.15, 0.2) is 72.8 Å². The largest absolute Gasteiger partial charge is 0.291 e. The Balaban J connectivity index is 1.39. The molecule has 2 aromatic carbocycles. The Morgan fingerprint density at radius 2 is 0.977 bits per heavy atom. The van der Waals surface area contributed by atoms with Gasteiger partial charge in [-0.3, -0.25) is 19.2 Å². The van der Waals surface area contributed by atoms with E-state index in [2.05, 4.69) is 50.2 Å². The van der Waals surface area contributed by atoms with Crippen LogP contribution in [0.4, 0.5) is 0 Å². The van der Waals surface area contributed by atoms with Crippen LogP contribution in [-0.2, 0) is 19.2 Å². The van der Waals surface area contributed by atoms with Crippen molar-refractivity contribution in [2.75, 3.05) is 0 Å². The molecule has 1 aliphatic rings. The van der Waals surface area contributed by atoms with Crippen molar-refractivity contribution >= 4 is 69.1 Å². The molecule has 216 valence electrons. The minimum atomic E-state index is -0.497. The fourth-order valence-electron chi connectivity index (χ4n) is 5.28. The summed E-state index contributed by atoms with van der Waals surface area (Å²) in [6, 6.07) is 20.8. The van der Waals surface area contributed by atoms with Gasteiger partial charge >= 0.3 is 0 Å². The molecule has 6 heteroatoms. The molecule has 2 heterocycles. The first-order valence-electron chi connectivity index (χ1n) is 14.2. The minimum absolute atomic E-state index is 0.464. The number of thiophene rings is 2. The van der Waals surface area contributed by atoms with Crippen LogP contribution in [0.1, 0.15) is 65.1 Å². The lowest BCUT2D eigenvalue weighted by Gasteiger charge is -2.07. The molecular weight excluding hydrogens is 573 g/mol. The van der Waals surface area contributed by atoms with Gasteiger partial charge in [0.1, 0.15) is 0 Å². The molecule has 0 unspecified atom stereocenters. The lowest BCUT2D eigenvalue weighted by Crippen LogP contribution is -2.04. The number of rotatable bonds is 10. The Morgan fingerprint density at radius 1 is 0.605 bits per heavy atom. The summed E-state index contributed by atoms with van der Waals surface area (Å²) in [6.07, 6.45) is 9.26. The summed E-state index contributed by atoms with van der Waals surface area (Å²) in [5, 5.41) is 0. The fourth-order valence-corrected chi connectivity index (χ4v) is 7.39. The van der Waals surface area contributed by atoms with Crippen molar-refractivity contribution in [2.45, 2.75) is 47.0 Å². The van der Waals surface area contributed by atoms with Gasteiger partial charge in [-0.1, -0.05) is 60.7 Å². The molecule has 0 amide bonds. The van der Waals surface area contributed by atoms with Gasteiger partial charge in [-0.15, -0.1) is 22.7 Å². The number of hydrogen-bond donors (Lipinski definition) is 0. The number of carbonyl (C=O) groups excluding carboxylic acids is 4. The van der Waals surface area contributed by atoms with Crippen LogP contribution in [0.2, 0.25) is 0 Å². The predicted octanol–water partition coefficient (Wildman–Crippen LogP) is 9.20. The number of ketones is 4. The number of allylic oxidation sites excluding steroid dienone is 4. The standard InChI is InChI=1S/C37H32O4S2/c1-22(38)34(40)18-12-26-8-14-28(15-9-26)36-20-32(24(3)42-36)30-6-5-7-31(30)33-21-37(43-25(33)4)29-16-10-27(11-17-29)13-19-35(41)23(2)39/h8-21H,5-7H2,1-4H3/b18-12+,19-13+. The fraction of sp³-hybridized carbons (Fsp3) is 0.189. The van der Waals surface area contributed by atoms with Gasteiger partial charge in [0.15, 0.2) is 11.6 Å². The van der Waals surface area contributed by atoms with Crippen molar-refractivity contribution in [3.8, 4) is 20.9 Å². The molecule has 0 spiro atoms. The molecular formula is C37H32O4S2. The van der Waals surface area contributed by atoms with E-state index in [0.717, 1.165) is 41.5 Å². The van der Waals surface area contributed by atoms with Gasteiger partial charge in [-0.05, 0) is 102 Å². The monoisotopic (exact) mass is 604 g/mol. The van der Waals surface area contributed by atoms with Crippen molar-refractivity contribution < 1.29 is 19.2 Å². The van der Waals surface area contributed by atoms with Crippen LogP contribution in [0.5, 0.6) is 0 Å². The topological polar surface area (TPSA) is 68.3 Å². The van der Waals surface area contributed by atoms with Gasteiger partial charge in [0.05, 0.1) is 0 Å². The van der Waals surface area contributed by atoms with Crippen LogP contribution >= 0.6 is 22.7 Å². The molecule has 0 saturated heterocycles. The molecule has 5 rings (SSSR count). The lowest BCUT2D eigenvalue weighted by molar-refractivity contribution is -0.132. The first kappa shape index (κ1) is 30.2. The molecule has 4 nitrogen and oxygen atoms in total. The normalized spacial score (nSPS) is 13.4. The number of hydrogen-bond acceptors (Lipinski definition) is 6. The summed E-state index contributed by atoms with van der Waals surface area (Å²) >= 11 is 3.60. The van der Waals surface area contributed by atoms with Crippen molar-refractivity contribution in [1.29, 1.82) is 0 Å². The van der Waals surface area contributed by atoms with E-state index in [1.54, 1.807) is 34.8 Å². The summed E-state index contributed by atoms with van der Waals surface area (Å²) in [6.45, 7) is 6.95. The van der Waals surface area contributed by atoms with Gasteiger partial charge in [0.25, 0.3) is 0 Å². The van der Waals surface area contributed by atoms with Crippen LogP contribution in [-0.4, -0.2) is 23.1 Å². The smallest absolute Gasteiger partial charge is 0.221 e. The molecule has 43 heavy (non-hydrogen) atoms. The Bertz CT molecular complexity index is 1690. The number of aryl methyl sites for hydroxylation is 2. The summed E-state index contributed by atoms with van der Waals surface area (Å²) in [5.41, 5.74) is 9.55. The minimum Gasteiger partial charge on any atom is -0.291 e. The molecule has 0 aliphatic heterocycles. The molecule has 0 fully saturated rings. The third kappa shape index (κ3) is 6.87. The van der Waals surface area contributed by atoms with Crippen LogP contribution in [0.25, 0.3) is 44.2 Å². The number of Topliss-reactive ketones (excluding diaryl/α,β-unsaturated/α-hetero) is 2. The molecule has 0 N–H and O–H groups in total. The van der Waals surface area contributed by atoms with Crippen molar-refractivity contribution in [2.24, 2.45) is 0 Å². The maximum Gasteiger partial charge on any atom is 0.221 e. The second-order valence-corrected chi connectivity index (χ2v) is 13.2. The lowest BCUT2D eigenvalue weighted by atomic mass is 9.96. The van der Waals surface area contributed by atoms with Gasteiger partial charge in [0.2, 0.25) is 11.6 Å². The molecule has 0 atom stereocenters. The highest BCUT2D eigenvalue weighted by molar-refractivity contribution is 7.16. The summed E-state index contributed by atoms with van der Waals surface area (Å²) in [5.74, 6) is -1.92. The van der Waals surface area contributed by atoms with E-state index in [4.69, 9.17) is 0 Å². The maximum absolute atomic E-state index is 11.6. The molecule has 0 saturated carbocycles. The Labute approximate surface area is 260 Å². The van der Waals surface area contributed by atoms with Crippen molar-refractivity contribution in [3.63, 3.8) is 0 Å². The average Bonchev–Trinajstić information content (AvgIpc) is 3.73. The summed E-state index contributed by atoms with van der Waals surface area (Å²) < 4.78 is 0. The van der Waals surface area contributed by atoms with E-state index in [0.29, 0.717) is 0 Å². The van der Waals surface area contributed by atoms with Crippen LogP contribution in [0.3, 0.4) is 0 Å². The van der Waals surface area contributed by atoms with Gasteiger partial charge in [-0.2, -0.15) is 0 Å². The zero-order valence-corrected chi connectivity index (χ0v) is 26.3. The van der Waals surface area contributed by atoms with Crippen molar-refractivity contribution in [3.05, 3.63) is 105 Å². The van der Waals surface area contributed by atoms with Gasteiger partial charge in [0, 0.05) is 33.4 Å². The van der Waals surface area contributed by atoms with E-state index >= 15 is 0 Å². The predicted molar refractivity (Wildman–Crippen MR) is 179 cm³/mol. The highest BCUT2D eigenvalue weighted by atomic mass is 32.1.